The predicted molar refractivity (Wildman–Crippen MR) is 116 cm³/mol. The topological polar surface area (TPSA) is 130 Å². The number of aliphatic hydroxyl groups excluding tert-OH is 2. The average molecular weight is 440 g/mol. The van der Waals surface area contributed by atoms with Crippen molar-refractivity contribution in [2.75, 3.05) is 26.4 Å². The van der Waals surface area contributed by atoms with Gasteiger partial charge < -0.3 is 19.8 Å². The number of non-ortho nitro benzene ring substituents is 1. The van der Waals surface area contributed by atoms with Gasteiger partial charge in [0.05, 0.1) is 36.4 Å². The van der Waals surface area contributed by atoms with Crippen LogP contribution in [0.1, 0.15) is 29.7 Å². The lowest BCUT2D eigenvalue weighted by Gasteiger charge is -2.25. The number of nitro benzene ring substituents is 1. The summed E-state index contributed by atoms with van der Waals surface area (Å²) in [5.74, 6) is -2.15. The van der Waals surface area contributed by atoms with Gasteiger partial charge in [0.2, 0.25) is 0 Å². The van der Waals surface area contributed by atoms with Crippen molar-refractivity contribution in [2.24, 2.45) is 0 Å². The number of rotatable bonds is 9. The average Bonchev–Trinajstić information content (AvgIpc) is 3.06. The van der Waals surface area contributed by atoms with Gasteiger partial charge in [0.25, 0.3) is 17.4 Å². The molecule has 0 spiro atoms. The van der Waals surface area contributed by atoms with Crippen molar-refractivity contribution < 1.29 is 29.5 Å². The largest absolute Gasteiger partial charge is 0.507 e. The fourth-order valence-electron chi connectivity index (χ4n) is 3.64. The molecule has 2 aromatic carbocycles. The van der Waals surface area contributed by atoms with Crippen LogP contribution >= 0.6 is 0 Å². The number of aryl methyl sites for hydroxylation is 1. The Balaban J connectivity index is 2.09. The molecule has 1 fully saturated rings. The number of amides is 1. The molecule has 3 rings (SSSR count). The van der Waals surface area contributed by atoms with Gasteiger partial charge in [0.15, 0.2) is 0 Å². The number of ketones is 1. The van der Waals surface area contributed by atoms with E-state index in [0.29, 0.717) is 5.56 Å². The van der Waals surface area contributed by atoms with Crippen LogP contribution in [0.15, 0.2) is 54.1 Å². The molecule has 1 amide bonds. The Hall–Kier alpha value is -3.56. The van der Waals surface area contributed by atoms with Crippen LogP contribution < -0.4 is 0 Å². The Morgan fingerprint density at radius 3 is 2.50 bits per heavy atom. The van der Waals surface area contributed by atoms with Crippen LogP contribution in [0.5, 0.6) is 0 Å². The number of nitrogens with zero attached hydrogens (tertiary/aromatic N) is 2. The van der Waals surface area contributed by atoms with Gasteiger partial charge in [-0.05, 0) is 17.5 Å². The summed E-state index contributed by atoms with van der Waals surface area (Å²) in [7, 11) is 0. The van der Waals surface area contributed by atoms with Gasteiger partial charge in [-0.15, -0.1) is 0 Å². The smallest absolute Gasteiger partial charge is 0.295 e. The molecule has 1 atom stereocenters. The molecule has 0 aliphatic carbocycles. The second-order valence-corrected chi connectivity index (χ2v) is 7.23. The van der Waals surface area contributed by atoms with Crippen molar-refractivity contribution in [1.29, 1.82) is 0 Å². The van der Waals surface area contributed by atoms with Crippen molar-refractivity contribution in [1.82, 2.24) is 4.90 Å². The summed E-state index contributed by atoms with van der Waals surface area (Å²) in [6.07, 6.45) is 0.809. The highest BCUT2D eigenvalue weighted by molar-refractivity contribution is 6.46. The highest BCUT2D eigenvalue weighted by Gasteiger charge is 2.45. The first-order valence-electron chi connectivity index (χ1n) is 10.2. The first kappa shape index (κ1) is 23.1. The minimum Gasteiger partial charge on any atom is -0.507 e. The van der Waals surface area contributed by atoms with Crippen LogP contribution in [0.4, 0.5) is 5.69 Å². The van der Waals surface area contributed by atoms with E-state index in [9.17, 15) is 24.8 Å². The number of carbonyl (C=O) groups excluding carboxylic acids is 2. The number of hydrogen-bond donors (Lipinski definition) is 2. The Morgan fingerprint density at radius 2 is 1.88 bits per heavy atom. The predicted octanol–water partition coefficient (Wildman–Crippen LogP) is 2.59. The maximum atomic E-state index is 12.9. The first-order valence-corrected chi connectivity index (χ1v) is 10.2. The third kappa shape index (κ3) is 4.68. The maximum Gasteiger partial charge on any atom is 0.295 e. The number of likely N-dealkylation sites (tertiary alicyclic amines) is 1. The van der Waals surface area contributed by atoms with Crippen molar-refractivity contribution >= 4 is 23.1 Å². The molecule has 2 N–H and O–H groups in total. The highest BCUT2D eigenvalue weighted by atomic mass is 16.6. The minimum absolute atomic E-state index is 0.0660. The number of Topliss-reactive ketones (excluding diaryl/α,β-unsaturated/α-hetero) is 1. The number of ether oxygens (including phenoxy) is 1. The van der Waals surface area contributed by atoms with E-state index >= 15 is 0 Å². The number of carbonyl (C=O) groups is 2. The van der Waals surface area contributed by atoms with Crippen LogP contribution in [0.3, 0.4) is 0 Å². The van der Waals surface area contributed by atoms with Gasteiger partial charge in [-0.3, -0.25) is 19.7 Å². The second kappa shape index (κ2) is 10.2. The van der Waals surface area contributed by atoms with E-state index in [1.54, 1.807) is 12.1 Å². The molecular weight excluding hydrogens is 416 g/mol. The summed E-state index contributed by atoms with van der Waals surface area (Å²) in [5, 5.41) is 31.0. The lowest BCUT2D eigenvalue weighted by atomic mass is 9.94. The van der Waals surface area contributed by atoms with Crippen molar-refractivity contribution in [3.63, 3.8) is 0 Å². The van der Waals surface area contributed by atoms with Crippen LogP contribution in [0.2, 0.25) is 0 Å². The molecule has 1 unspecified atom stereocenters. The molecule has 1 heterocycles. The van der Waals surface area contributed by atoms with Crippen LogP contribution in [0, 0.1) is 10.1 Å². The summed E-state index contributed by atoms with van der Waals surface area (Å²) in [5.41, 5.74) is 1.38. The van der Waals surface area contributed by atoms with E-state index in [2.05, 4.69) is 0 Å². The fourth-order valence-corrected chi connectivity index (χ4v) is 3.64. The molecule has 0 radical (unpaired) electrons. The first-order chi connectivity index (χ1) is 15.4. The normalized spacial score (nSPS) is 17.7. The van der Waals surface area contributed by atoms with Crippen molar-refractivity contribution in [3.05, 3.63) is 80.9 Å². The van der Waals surface area contributed by atoms with E-state index in [-0.39, 0.29) is 43.2 Å². The SMILES string of the molecule is CCc1ccc(C2/C(=C(/O)c3cccc([N+](=O)[O-])c3)C(=O)C(=O)N2CCOCCO)cc1. The van der Waals surface area contributed by atoms with Crippen LogP contribution in [-0.4, -0.2) is 58.1 Å². The summed E-state index contributed by atoms with van der Waals surface area (Å²) in [6.45, 7) is 2.08. The maximum absolute atomic E-state index is 12.9. The van der Waals surface area contributed by atoms with Crippen LogP contribution in [-0.2, 0) is 20.7 Å². The number of nitro groups is 1. The summed E-state index contributed by atoms with van der Waals surface area (Å²) in [4.78, 5) is 37.6. The molecular formula is C23H24N2O7. The standard InChI is InChI=1S/C23H24N2O7/c1-2-15-6-8-16(9-7-15)20-19(21(27)17-4-3-5-18(14-17)25(30)31)22(28)23(29)24(20)10-12-32-13-11-26/h3-9,14,20,26-27H,2,10-13H2,1H3/b21-19-. The van der Waals surface area contributed by atoms with E-state index in [1.165, 1.54) is 23.1 Å². The summed E-state index contributed by atoms with van der Waals surface area (Å²) < 4.78 is 5.26. The molecule has 1 saturated heterocycles. The van der Waals surface area contributed by atoms with Gasteiger partial charge in [0.1, 0.15) is 5.76 Å². The van der Waals surface area contributed by atoms with Gasteiger partial charge in [0, 0.05) is 24.2 Å². The lowest BCUT2D eigenvalue weighted by Crippen LogP contribution is -2.33. The molecule has 0 saturated carbocycles. The molecule has 1 aliphatic heterocycles. The molecule has 2 aromatic rings. The Morgan fingerprint density at radius 1 is 1.16 bits per heavy atom. The zero-order valence-corrected chi connectivity index (χ0v) is 17.6. The Kier molecular flexibility index (Phi) is 7.34. The third-order valence-electron chi connectivity index (χ3n) is 5.29. The number of benzene rings is 2. The molecule has 32 heavy (non-hydrogen) atoms. The Bertz CT molecular complexity index is 1050. The van der Waals surface area contributed by atoms with Crippen LogP contribution in [0.25, 0.3) is 5.76 Å². The van der Waals surface area contributed by atoms with Gasteiger partial charge >= 0.3 is 0 Å². The molecule has 9 heteroatoms. The molecule has 168 valence electrons. The van der Waals surface area contributed by atoms with Crippen molar-refractivity contribution in [3.8, 4) is 0 Å². The van der Waals surface area contributed by atoms with Gasteiger partial charge in [-0.2, -0.15) is 0 Å². The zero-order chi connectivity index (χ0) is 23.3. The molecule has 0 bridgehead atoms. The second-order valence-electron chi connectivity index (χ2n) is 7.23. The zero-order valence-electron chi connectivity index (χ0n) is 17.6. The third-order valence-corrected chi connectivity index (χ3v) is 5.29. The van der Waals surface area contributed by atoms with E-state index < -0.39 is 28.4 Å². The lowest BCUT2D eigenvalue weighted by molar-refractivity contribution is -0.384. The van der Waals surface area contributed by atoms with Gasteiger partial charge in [-0.1, -0.05) is 43.3 Å². The molecule has 1 aliphatic rings. The van der Waals surface area contributed by atoms with E-state index in [4.69, 9.17) is 9.84 Å². The Labute approximate surface area is 184 Å². The quantitative estimate of drug-likeness (QED) is 0.153. The number of hydrogen-bond acceptors (Lipinski definition) is 7. The highest BCUT2D eigenvalue weighted by Crippen LogP contribution is 2.39. The molecule has 0 aromatic heterocycles. The van der Waals surface area contributed by atoms with Gasteiger partial charge in [-0.25, -0.2) is 0 Å². The number of aliphatic hydroxyl groups is 2. The fraction of sp³-hybridized carbons (Fsp3) is 0.304. The van der Waals surface area contributed by atoms with E-state index in [0.717, 1.165) is 18.1 Å². The minimum atomic E-state index is -0.877. The summed E-state index contributed by atoms with van der Waals surface area (Å²) in [6, 6.07) is 11.7. The van der Waals surface area contributed by atoms with Crippen molar-refractivity contribution in [2.45, 2.75) is 19.4 Å². The molecule has 9 nitrogen and oxygen atoms in total. The monoisotopic (exact) mass is 440 g/mol. The van der Waals surface area contributed by atoms with E-state index in [1.807, 2.05) is 19.1 Å². The summed E-state index contributed by atoms with van der Waals surface area (Å²) >= 11 is 0.